The average Bonchev–Trinajstić information content (AvgIpc) is 2.51. The fourth-order valence-corrected chi connectivity index (χ4v) is 2.91. The summed E-state index contributed by atoms with van der Waals surface area (Å²) in [4.78, 5) is 11.7. The minimum absolute atomic E-state index is 0.0321. The maximum Gasteiger partial charge on any atom is 0.328 e. The summed E-state index contributed by atoms with van der Waals surface area (Å²) in [5.41, 5.74) is 0.499. The second kappa shape index (κ2) is 7.46. The van der Waals surface area contributed by atoms with Crippen molar-refractivity contribution < 1.29 is 22.7 Å². The quantitative estimate of drug-likeness (QED) is 0.759. The van der Waals surface area contributed by atoms with Gasteiger partial charge in [0.25, 0.3) is 0 Å². The Hall–Kier alpha value is -1.80. The van der Waals surface area contributed by atoms with Gasteiger partial charge in [-0.25, -0.2) is 17.5 Å². The normalized spacial score (nSPS) is 12.8. The van der Waals surface area contributed by atoms with Crippen molar-refractivity contribution in [2.75, 3.05) is 33.6 Å². The molecular formula is C14H22N2O5S. The largest absolute Gasteiger partial charge is 0.495 e. The number of hydrogen-bond donors (Lipinski definition) is 1. The molecule has 7 nitrogen and oxygen atoms in total. The molecule has 0 aliphatic heterocycles. The first kappa shape index (κ1) is 18.2. The number of sulfonamides is 1. The molecule has 0 unspecified atom stereocenters. The number of carbonyl (C=O) groups excluding carboxylic acids is 1. The number of ether oxygens (including phenoxy) is 2. The van der Waals surface area contributed by atoms with E-state index in [-0.39, 0.29) is 10.6 Å². The molecule has 0 spiro atoms. The van der Waals surface area contributed by atoms with Gasteiger partial charge < -0.3 is 14.8 Å². The SMILES string of the molecule is CC[C@@H](Nc1ccc(OC)c(S(=O)(=O)N(C)C)c1)C(=O)OC. The van der Waals surface area contributed by atoms with Crippen LogP contribution < -0.4 is 10.1 Å². The van der Waals surface area contributed by atoms with Crippen LogP contribution in [0.25, 0.3) is 0 Å². The minimum atomic E-state index is -3.66. The van der Waals surface area contributed by atoms with Gasteiger partial charge >= 0.3 is 5.97 Å². The zero-order valence-electron chi connectivity index (χ0n) is 13.4. The number of carbonyl (C=O) groups is 1. The van der Waals surface area contributed by atoms with Gasteiger partial charge in [-0.1, -0.05) is 6.92 Å². The van der Waals surface area contributed by atoms with E-state index in [4.69, 9.17) is 9.47 Å². The summed E-state index contributed by atoms with van der Waals surface area (Å²) in [5, 5.41) is 2.97. The highest BCUT2D eigenvalue weighted by Crippen LogP contribution is 2.29. The first-order valence-electron chi connectivity index (χ1n) is 6.72. The molecule has 0 fully saturated rings. The van der Waals surface area contributed by atoms with Crippen molar-refractivity contribution in [1.29, 1.82) is 0 Å². The van der Waals surface area contributed by atoms with Crippen molar-refractivity contribution >= 4 is 21.7 Å². The molecule has 1 aromatic rings. The van der Waals surface area contributed by atoms with Crippen molar-refractivity contribution in [2.45, 2.75) is 24.3 Å². The minimum Gasteiger partial charge on any atom is -0.495 e. The Labute approximate surface area is 131 Å². The van der Waals surface area contributed by atoms with Gasteiger partial charge in [0, 0.05) is 19.8 Å². The molecule has 124 valence electrons. The summed E-state index contributed by atoms with van der Waals surface area (Å²) in [6.07, 6.45) is 0.508. The maximum atomic E-state index is 12.3. The molecule has 1 N–H and O–H groups in total. The molecule has 8 heteroatoms. The highest BCUT2D eigenvalue weighted by Gasteiger charge is 2.24. The van der Waals surface area contributed by atoms with Crippen LogP contribution in [0, 0.1) is 0 Å². The van der Waals surface area contributed by atoms with Crippen LogP contribution >= 0.6 is 0 Å². The number of methoxy groups -OCH3 is 2. The van der Waals surface area contributed by atoms with Crippen molar-refractivity contribution in [2.24, 2.45) is 0 Å². The molecule has 0 heterocycles. The molecule has 0 bridgehead atoms. The van der Waals surface area contributed by atoms with E-state index in [1.54, 1.807) is 12.1 Å². The molecule has 1 rings (SSSR count). The van der Waals surface area contributed by atoms with Crippen LogP contribution in [0.3, 0.4) is 0 Å². The number of nitrogens with one attached hydrogen (secondary N) is 1. The summed E-state index contributed by atoms with van der Waals surface area (Å²) in [5.74, 6) is -0.166. The lowest BCUT2D eigenvalue weighted by molar-refractivity contribution is -0.141. The lowest BCUT2D eigenvalue weighted by Crippen LogP contribution is -2.30. The predicted octanol–water partition coefficient (Wildman–Crippen LogP) is 1.31. The lowest BCUT2D eigenvalue weighted by atomic mass is 10.2. The number of rotatable bonds is 7. The molecule has 22 heavy (non-hydrogen) atoms. The van der Waals surface area contributed by atoms with E-state index in [2.05, 4.69) is 5.32 Å². The van der Waals surface area contributed by atoms with E-state index < -0.39 is 22.0 Å². The first-order valence-corrected chi connectivity index (χ1v) is 8.16. The molecule has 0 saturated carbocycles. The molecule has 1 atom stereocenters. The lowest BCUT2D eigenvalue weighted by Gasteiger charge is -2.19. The van der Waals surface area contributed by atoms with Gasteiger partial charge in [0.1, 0.15) is 16.7 Å². The van der Waals surface area contributed by atoms with Gasteiger partial charge in [-0.05, 0) is 24.6 Å². The smallest absolute Gasteiger partial charge is 0.328 e. The second-order valence-corrected chi connectivity index (χ2v) is 6.90. The predicted molar refractivity (Wildman–Crippen MR) is 83.6 cm³/mol. The summed E-state index contributed by atoms with van der Waals surface area (Å²) in [6.45, 7) is 1.83. The Balaban J connectivity index is 3.23. The molecule has 0 amide bonds. The van der Waals surface area contributed by atoms with E-state index in [1.807, 2.05) is 6.92 Å². The third kappa shape index (κ3) is 3.89. The number of esters is 1. The number of benzene rings is 1. The van der Waals surface area contributed by atoms with Gasteiger partial charge in [-0.15, -0.1) is 0 Å². The Bertz CT molecular complexity index is 628. The van der Waals surface area contributed by atoms with Gasteiger partial charge in [0.05, 0.1) is 14.2 Å². The summed E-state index contributed by atoms with van der Waals surface area (Å²) < 4.78 is 35.6. The van der Waals surface area contributed by atoms with Crippen molar-refractivity contribution in [3.63, 3.8) is 0 Å². The van der Waals surface area contributed by atoms with Crippen LogP contribution in [0.1, 0.15) is 13.3 Å². The summed E-state index contributed by atoms with van der Waals surface area (Å²) >= 11 is 0. The van der Waals surface area contributed by atoms with E-state index in [0.29, 0.717) is 12.1 Å². The standard InChI is InChI=1S/C14H22N2O5S/c1-6-11(14(17)21-5)15-10-7-8-12(20-4)13(9-10)22(18,19)16(2)3/h7-9,11,15H,6H2,1-5H3/t11-/m1/s1. The van der Waals surface area contributed by atoms with E-state index >= 15 is 0 Å². The molecule has 0 saturated heterocycles. The number of nitrogens with zero attached hydrogens (tertiary/aromatic N) is 1. The number of anilines is 1. The topological polar surface area (TPSA) is 84.9 Å². The Morgan fingerprint density at radius 1 is 1.32 bits per heavy atom. The van der Waals surface area contributed by atoms with Crippen LogP contribution in [0.15, 0.2) is 23.1 Å². The molecule has 0 radical (unpaired) electrons. The second-order valence-electron chi connectivity index (χ2n) is 4.78. The van der Waals surface area contributed by atoms with E-state index in [1.165, 1.54) is 34.4 Å². The van der Waals surface area contributed by atoms with Gasteiger partial charge in [0.15, 0.2) is 0 Å². The molecular weight excluding hydrogens is 308 g/mol. The Kier molecular flexibility index (Phi) is 6.19. The highest BCUT2D eigenvalue weighted by atomic mass is 32.2. The van der Waals surface area contributed by atoms with Crippen LogP contribution in [0.4, 0.5) is 5.69 Å². The monoisotopic (exact) mass is 330 g/mol. The fourth-order valence-electron chi connectivity index (χ4n) is 1.84. The average molecular weight is 330 g/mol. The molecule has 0 aliphatic carbocycles. The maximum absolute atomic E-state index is 12.3. The Morgan fingerprint density at radius 3 is 2.41 bits per heavy atom. The van der Waals surface area contributed by atoms with Crippen LogP contribution in [-0.2, 0) is 19.6 Å². The van der Waals surface area contributed by atoms with Crippen LogP contribution in [-0.4, -0.2) is 53.0 Å². The van der Waals surface area contributed by atoms with Crippen LogP contribution in [0.5, 0.6) is 5.75 Å². The van der Waals surface area contributed by atoms with E-state index in [9.17, 15) is 13.2 Å². The molecule has 0 aromatic heterocycles. The Morgan fingerprint density at radius 2 is 1.95 bits per heavy atom. The van der Waals surface area contributed by atoms with Crippen molar-refractivity contribution in [3.05, 3.63) is 18.2 Å². The van der Waals surface area contributed by atoms with Crippen LogP contribution in [0.2, 0.25) is 0 Å². The van der Waals surface area contributed by atoms with Crippen molar-refractivity contribution in [1.82, 2.24) is 4.31 Å². The fraction of sp³-hybridized carbons (Fsp3) is 0.500. The summed E-state index contributed by atoms with van der Waals surface area (Å²) in [6, 6.07) is 4.09. The zero-order valence-corrected chi connectivity index (χ0v) is 14.2. The molecule has 1 aromatic carbocycles. The van der Waals surface area contributed by atoms with Gasteiger partial charge in [0.2, 0.25) is 10.0 Å². The summed E-state index contributed by atoms with van der Waals surface area (Å²) in [7, 11) is 1.94. The third-order valence-electron chi connectivity index (χ3n) is 3.16. The zero-order chi connectivity index (χ0) is 16.9. The van der Waals surface area contributed by atoms with Crippen molar-refractivity contribution in [3.8, 4) is 5.75 Å². The molecule has 0 aliphatic rings. The van der Waals surface area contributed by atoms with Gasteiger partial charge in [-0.2, -0.15) is 0 Å². The highest BCUT2D eigenvalue weighted by molar-refractivity contribution is 7.89. The first-order chi connectivity index (χ1) is 10.3. The number of hydrogen-bond acceptors (Lipinski definition) is 6. The van der Waals surface area contributed by atoms with E-state index in [0.717, 1.165) is 4.31 Å². The van der Waals surface area contributed by atoms with Gasteiger partial charge in [-0.3, -0.25) is 0 Å². The third-order valence-corrected chi connectivity index (χ3v) is 4.99.